The molecule has 0 amide bonds. The highest BCUT2D eigenvalue weighted by Gasteiger charge is 2.00. The molecule has 0 saturated heterocycles. The first-order chi connectivity index (χ1) is 8.56. The van der Waals surface area contributed by atoms with Crippen molar-refractivity contribution in [2.24, 2.45) is 0 Å². The fourth-order valence-electron chi connectivity index (χ4n) is 1.21. The Kier molecular flexibility index (Phi) is 4.68. The molecule has 94 valence electrons. The van der Waals surface area contributed by atoms with Gasteiger partial charge in [-0.15, -0.1) is 0 Å². The van der Waals surface area contributed by atoms with Crippen molar-refractivity contribution in [2.75, 3.05) is 7.11 Å². The van der Waals surface area contributed by atoms with Crippen LogP contribution in [-0.2, 0) is 9.59 Å². The van der Waals surface area contributed by atoms with Gasteiger partial charge < -0.3 is 14.9 Å². The number of benzene rings is 1. The predicted octanol–water partition coefficient (Wildman–Crippen LogP) is 1.62. The number of aldehydes is 1. The predicted molar refractivity (Wildman–Crippen MR) is 65.5 cm³/mol. The van der Waals surface area contributed by atoms with Crippen molar-refractivity contribution in [3.05, 3.63) is 41.7 Å². The molecule has 5 heteroatoms. The third kappa shape index (κ3) is 3.79. The Morgan fingerprint density at radius 3 is 2.72 bits per heavy atom. The van der Waals surface area contributed by atoms with Gasteiger partial charge in [0.15, 0.2) is 17.8 Å². The van der Waals surface area contributed by atoms with Crippen molar-refractivity contribution in [3.63, 3.8) is 0 Å². The van der Waals surface area contributed by atoms with Gasteiger partial charge in [0.1, 0.15) is 5.76 Å². The molecule has 1 aromatic rings. The number of phenols is 1. The minimum Gasteiger partial charge on any atom is -0.508 e. The minimum absolute atomic E-state index is 0.00514. The highest BCUT2D eigenvalue weighted by Crippen LogP contribution is 2.26. The maximum atomic E-state index is 10.7. The monoisotopic (exact) mass is 248 g/mol. The van der Waals surface area contributed by atoms with Gasteiger partial charge in [-0.1, -0.05) is 12.1 Å². The summed E-state index contributed by atoms with van der Waals surface area (Å²) in [5.41, 5.74) is 0.656. The topological polar surface area (TPSA) is 83.8 Å². The molecule has 0 saturated carbocycles. The lowest BCUT2D eigenvalue weighted by atomic mass is 10.2. The molecule has 5 nitrogen and oxygen atoms in total. The summed E-state index contributed by atoms with van der Waals surface area (Å²) in [6, 6.07) is 4.60. The third-order valence-corrected chi connectivity index (χ3v) is 2.06. The van der Waals surface area contributed by atoms with E-state index in [0.717, 1.165) is 6.08 Å². The molecule has 1 rings (SSSR count). The van der Waals surface area contributed by atoms with E-state index in [2.05, 4.69) is 0 Å². The molecular weight excluding hydrogens is 236 g/mol. The fourth-order valence-corrected chi connectivity index (χ4v) is 1.21. The molecule has 0 aliphatic heterocycles. The van der Waals surface area contributed by atoms with Crippen molar-refractivity contribution in [3.8, 4) is 11.5 Å². The number of allylic oxidation sites excluding steroid dienone is 2. The highest BCUT2D eigenvalue weighted by atomic mass is 16.5. The number of carbonyl (C=O) groups is 2. The number of phenolic OH excluding ortho intramolecular Hbond substituents is 1. The van der Waals surface area contributed by atoms with E-state index in [1.165, 1.54) is 25.3 Å². The number of rotatable bonds is 5. The van der Waals surface area contributed by atoms with Crippen LogP contribution in [0.3, 0.4) is 0 Å². The second kappa shape index (κ2) is 6.24. The second-order valence-electron chi connectivity index (χ2n) is 3.35. The molecule has 0 atom stereocenters. The summed E-state index contributed by atoms with van der Waals surface area (Å²) >= 11 is 0. The van der Waals surface area contributed by atoms with Gasteiger partial charge in [0.2, 0.25) is 5.78 Å². The number of carbonyl (C=O) groups excluding carboxylic acids is 2. The molecule has 1 aromatic carbocycles. The summed E-state index contributed by atoms with van der Waals surface area (Å²) in [6.45, 7) is 0. The first kappa shape index (κ1) is 13.5. The van der Waals surface area contributed by atoms with E-state index in [1.807, 2.05) is 0 Å². The van der Waals surface area contributed by atoms with Crippen LogP contribution in [0.1, 0.15) is 5.56 Å². The Balaban J connectivity index is 2.87. The van der Waals surface area contributed by atoms with Crippen molar-refractivity contribution in [1.82, 2.24) is 0 Å². The fraction of sp³-hybridized carbons (Fsp3) is 0.0769. The van der Waals surface area contributed by atoms with Gasteiger partial charge in [0, 0.05) is 6.08 Å². The molecule has 18 heavy (non-hydrogen) atoms. The minimum atomic E-state index is -0.819. The van der Waals surface area contributed by atoms with Crippen molar-refractivity contribution in [1.29, 1.82) is 0 Å². The second-order valence-corrected chi connectivity index (χ2v) is 3.35. The lowest BCUT2D eigenvalue weighted by Gasteiger charge is -2.03. The van der Waals surface area contributed by atoms with Crippen molar-refractivity contribution >= 4 is 18.1 Å². The molecule has 2 N–H and O–H groups in total. The number of ketones is 1. The number of aliphatic hydroxyl groups excluding tert-OH is 1. The third-order valence-electron chi connectivity index (χ3n) is 2.06. The van der Waals surface area contributed by atoms with Crippen LogP contribution in [0.5, 0.6) is 11.5 Å². The van der Waals surface area contributed by atoms with Gasteiger partial charge in [-0.25, -0.2) is 0 Å². The Morgan fingerprint density at radius 1 is 1.39 bits per heavy atom. The lowest BCUT2D eigenvalue weighted by Crippen LogP contribution is -1.94. The van der Waals surface area contributed by atoms with Crippen LogP contribution in [0.15, 0.2) is 36.1 Å². The van der Waals surface area contributed by atoms with E-state index >= 15 is 0 Å². The first-order valence-electron chi connectivity index (χ1n) is 5.01. The summed E-state index contributed by atoms with van der Waals surface area (Å²) in [5.74, 6) is -0.852. The summed E-state index contributed by atoms with van der Waals surface area (Å²) in [6.07, 6.45) is 3.67. The van der Waals surface area contributed by atoms with E-state index in [1.54, 1.807) is 12.1 Å². The van der Waals surface area contributed by atoms with Crippen molar-refractivity contribution in [2.45, 2.75) is 0 Å². The Labute approximate surface area is 104 Å². The zero-order valence-electron chi connectivity index (χ0n) is 9.66. The summed E-state index contributed by atoms with van der Waals surface area (Å²) in [5, 5.41) is 18.7. The molecule has 0 heterocycles. The van der Waals surface area contributed by atoms with Gasteiger partial charge in [0.25, 0.3) is 0 Å². The maximum absolute atomic E-state index is 10.7. The molecule has 0 unspecified atom stereocenters. The van der Waals surface area contributed by atoms with Gasteiger partial charge in [0.05, 0.1) is 7.11 Å². The Hall–Kier alpha value is -2.56. The molecule has 0 spiro atoms. The van der Waals surface area contributed by atoms with Crippen LogP contribution < -0.4 is 4.74 Å². The van der Waals surface area contributed by atoms with Gasteiger partial charge >= 0.3 is 0 Å². The van der Waals surface area contributed by atoms with Crippen LogP contribution >= 0.6 is 0 Å². The average molecular weight is 248 g/mol. The first-order valence-corrected chi connectivity index (χ1v) is 5.01. The van der Waals surface area contributed by atoms with E-state index in [-0.39, 0.29) is 17.8 Å². The number of methoxy groups -OCH3 is 1. The zero-order valence-corrected chi connectivity index (χ0v) is 9.66. The number of hydrogen-bond donors (Lipinski definition) is 2. The van der Waals surface area contributed by atoms with E-state index in [4.69, 9.17) is 4.74 Å². The molecule has 0 aromatic heterocycles. The number of aromatic hydroxyl groups is 1. The lowest BCUT2D eigenvalue weighted by molar-refractivity contribution is -0.126. The van der Waals surface area contributed by atoms with E-state index < -0.39 is 5.78 Å². The van der Waals surface area contributed by atoms with Crippen LogP contribution in [0.25, 0.3) is 6.08 Å². The molecule has 0 radical (unpaired) electrons. The van der Waals surface area contributed by atoms with E-state index in [9.17, 15) is 19.8 Å². The average Bonchev–Trinajstić information content (AvgIpc) is 2.37. The van der Waals surface area contributed by atoms with Gasteiger partial charge in [-0.05, 0) is 23.8 Å². The summed E-state index contributed by atoms with van der Waals surface area (Å²) in [7, 11) is 1.42. The quantitative estimate of drug-likeness (QED) is 0.272. The van der Waals surface area contributed by atoms with Crippen LogP contribution in [-0.4, -0.2) is 29.4 Å². The standard InChI is InChI=1S/C13H12O5/c1-18-13-6-9(3-5-12(13)17)2-4-10(15)7-11(16)8-14/h2-8,15,17H,1H3/b4-2+,10-7?. The van der Waals surface area contributed by atoms with Gasteiger partial charge in [-0.2, -0.15) is 0 Å². The largest absolute Gasteiger partial charge is 0.508 e. The SMILES string of the molecule is COc1cc(/C=C/C(O)=CC(=O)C=O)ccc1O. The summed E-state index contributed by atoms with van der Waals surface area (Å²) < 4.78 is 4.91. The number of hydrogen-bond acceptors (Lipinski definition) is 5. The van der Waals surface area contributed by atoms with E-state index in [0.29, 0.717) is 11.3 Å². The molecule has 0 aliphatic rings. The Morgan fingerprint density at radius 2 is 2.11 bits per heavy atom. The molecular formula is C13H12O5. The highest BCUT2D eigenvalue weighted by molar-refractivity contribution is 6.30. The van der Waals surface area contributed by atoms with Crippen LogP contribution in [0.2, 0.25) is 0 Å². The number of aliphatic hydroxyl groups is 1. The van der Waals surface area contributed by atoms with Crippen LogP contribution in [0, 0.1) is 0 Å². The molecule has 0 bridgehead atoms. The van der Waals surface area contributed by atoms with Gasteiger partial charge in [-0.3, -0.25) is 9.59 Å². The molecule has 0 fully saturated rings. The summed E-state index contributed by atoms with van der Waals surface area (Å²) in [4.78, 5) is 20.7. The smallest absolute Gasteiger partial charge is 0.221 e. The Bertz CT molecular complexity index is 514. The zero-order chi connectivity index (χ0) is 13.5. The molecule has 0 aliphatic carbocycles. The number of ether oxygens (including phenoxy) is 1. The van der Waals surface area contributed by atoms with Crippen molar-refractivity contribution < 1.29 is 24.5 Å². The maximum Gasteiger partial charge on any atom is 0.221 e. The normalized spacial score (nSPS) is 11.5. The van der Waals surface area contributed by atoms with Crippen LogP contribution in [0.4, 0.5) is 0 Å².